The first-order valence-corrected chi connectivity index (χ1v) is 11.9. The number of hydrogen-bond acceptors (Lipinski definition) is 5. The predicted molar refractivity (Wildman–Crippen MR) is 135 cm³/mol. The van der Waals surface area contributed by atoms with E-state index >= 15 is 0 Å². The number of nitrogens with zero attached hydrogens (tertiary/aromatic N) is 4. The number of hydrogen-bond donors (Lipinski definition) is 1. The fraction of sp³-hybridized carbons (Fsp3) is 0.370. The monoisotopic (exact) mass is 457 g/mol. The fourth-order valence-corrected chi connectivity index (χ4v) is 4.49. The first kappa shape index (κ1) is 23.4. The van der Waals surface area contributed by atoms with E-state index in [-0.39, 0.29) is 12.1 Å². The van der Waals surface area contributed by atoms with Crippen LogP contribution in [0.1, 0.15) is 32.3 Å². The summed E-state index contributed by atoms with van der Waals surface area (Å²) >= 11 is 0. The van der Waals surface area contributed by atoms with Crippen molar-refractivity contribution in [1.29, 1.82) is 5.26 Å². The first-order valence-electron chi connectivity index (χ1n) is 11.9. The Morgan fingerprint density at radius 1 is 1.12 bits per heavy atom. The lowest BCUT2D eigenvalue weighted by Crippen LogP contribution is -2.53. The summed E-state index contributed by atoms with van der Waals surface area (Å²) in [6, 6.07) is 16.0. The summed E-state index contributed by atoms with van der Waals surface area (Å²) in [4.78, 5) is 21.6. The molecule has 0 radical (unpaired) electrons. The predicted octanol–water partition coefficient (Wildman–Crippen LogP) is 4.80. The standard InChI is InChI=1S/C27H31N5O2/c1-4-21(5-2)30-27(33)32-15-13-31(14-16-32)24-18-29-25-22(7-6-8-23(25)26(24)34-3)20-11-9-19(17-28)10-12-20/h6-12,18,21H,4-5,13-16H2,1-3H3,(H,30,33). The fourth-order valence-electron chi connectivity index (χ4n) is 4.49. The maximum atomic E-state index is 12.6. The summed E-state index contributed by atoms with van der Waals surface area (Å²) in [6.45, 7) is 6.93. The number of nitrogens with one attached hydrogen (secondary N) is 1. The minimum absolute atomic E-state index is 0.0176. The van der Waals surface area contributed by atoms with E-state index in [0.29, 0.717) is 18.7 Å². The average Bonchev–Trinajstić information content (AvgIpc) is 2.90. The molecule has 1 fully saturated rings. The van der Waals surface area contributed by atoms with Gasteiger partial charge in [0, 0.05) is 43.2 Å². The van der Waals surface area contributed by atoms with Gasteiger partial charge in [-0.1, -0.05) is 38.1 Å². The average molecular weight is 458 g/mol. The molecule has 0 atom stereocenters. The van der Waals surface area contributed by atoms with Crippen LogP contribution in [-0.4, -0.2) is 55.2 Å². The lowest BCUT2D eigenvalue weighted by Gasteiger charge is -2.37. The van der Waals surface area contributed by atoms with Crippen LogP contribution in [0.3, 0.4) is 0 Å². The molecule has 7 heteroatoms. The lowest BCUT2D eigenvalue weighted by atomic mass is 10.00. The number of piperazine rings is 1. The number of anilines is 1. The number of methoxy groups -OCH3 is 1. The van der Waals surface area contributed by atoms with Crippen LogP contribution in [0.2, 0.25) is 0 Å². The van der Waals surface area contributed by atoms with Crippen LogP contribution >= 0.6 is 0 Å². The summed E-state index contributed by atoms with van der Waals surface area (Å²) in [7, 11) is 1.69. The second kappa shape index (κ2) is 10.4. The molecule has 4 rings (SSSR count). The van der Waals surface area contributed by atoms with E-state index in [2.05, 4.69) is 30.1 Å². The summed E-state index contributed by atoms with van der Waals surface area (Å²) in [5.74, 6) is 0.787. The van der Waals surface area contributed by atoms with E-state index in [1.165, 1.54) is 0 Å². The number of urea groups is 1. The topological polar surface area (TPSA) is 81.5 Å². The molecule has 1 aromatic heterocycles. The molecule has 34 heavy (non-hydrogen) atoms. The molecule has 2 aromatic carbocycles. The molecule has 0 unspecified atom stereocenters. The zero-order valence-corrected chi connectivity index (χ0v) is 20.0. The van der Waals surface area contributed by atoms with Gasteiger partial charge in [0.15, 0.2) is 5.75 Å². The number of nitriles is 1. The van der Waals surface area contributed by atoms with Crippen LogP contribution in [0, 0.1) is 11.3 Å². The van der Waals surface area contributed by atoms with Gasteiger partial charge >= 0.3 is 6.03 Å². The summed E-state index contributed by atoms with van der Waals surface area (Å²) in [5, 5.41) is 13.2. The number of rotatable bonds is 6. The summed E-state index contributed by atoms with van der Waals surface area (Å²) < 4.78 is 5.88. The highest BCUT2D eigenvalue weighted by Gasteiger charge is 2.25. The lowest BCUT2D eigenvalue weighted by molar-refractivity contribution is 0.189. The van der Waals surface area contributed by atoms with Crippen molar-refractivity contribution in [3.63, 3.8) is 0 Å². The number of aromatic nitrogens is 1. The van der Waals surface area contributed by atoms with Gasteiger partial charge in [-0.25, -0.2) is 4.79 Å². The van der Waals surface area contributed by atoms with E-state index < -0.39 is 0 Å². The Hall–Kier alpha value is -3.79. The van der Waals surface area contributed by atoms with Gasteiger partial charge in [0.25, 0.3) is 0 Å². The number of carbonyl (C=O) groups is 1. The number of para-hydroxylation sites is 1. The second-order valence-corrected chi connectivity index (χ2v) is 8.50. The molecule has 0 bridgehead atoms. The van der Waals surface area contributed by atoms with Gasteiger partial charge in [0.2, 0.25) is 0 Å². The van der Waals surface area contributed by atoms with Crippen LogP contribution in [-0.2, 0) is 0 Å². The highest BCUT2D eigenvalue weighted by Crippen LogP contribution is 2.38. The Balaban J connectivity index is 1.57. The molecule has 1 aliphatic rings. The van der Waals surface area contributed by atoms with Crippen molar-refractivity contribution in [2.75, 3.05) is 38.2 Å². The number of ether oxygens (including phenoxy) is 1. The molecule has 1 N–H and O–H groups in total. The van der Waals surface area contributed by atoms with E-state index in [4.69, 9.17) is 15.0 Å². The van der Waals surface area contributed by atoms with Gasteiger partial charge < -0.3 is 19.9 Å². The maximum absolute atomic E-state index is 12.6. The number of benzene rings is 2. The molecule has 2 heterocycles. The Labute approximate surface area is 201 Å². The van der Waals surface area contributed by atoms with Crippen LogP contribution in [0.15, 0.2) is 48.7 Å². The van der Waals surface area contributed by atoms with Gasteiger partial charge in [-0.2, -0.15) is 5.26 Å². The Kier molecular flexibility index (Phi) is 7.17. The SMILES string of the molecule is CCC(CC)NC(=O)N1CCN(c2cnc3c(-c4ccc(C#N)cc4)cccc3c2OC)CC1. The first-order chi connectivity index (χ1) is 16.6. The van der Waals surface area contributed by atoms with E-state index in [9.17, 15) is 4.79 Å². The van der Waals surface area contributed by atoms with Crippen LogP contribution in [0.5, 0.6) is 5.75 Å². The van der Waals surface area contributed by atoms with Crippen molar-refractivity contribution in [2.45, 2.75) is 32.7 Å². The molecular weight excluding hydrogens is 426 g/mol. The van der Waals surface area contributed by atoms with Gasteiger partial charge in [-0.05, 0) is 36.6 Å². The molecule has 2 amide bonds. The number of carbonyl (C=O) groups excluding carboxylic acids is 1. The second-order valence-electron chi connectivity index (χ2n) is 8.50. The molecule has 0 saturated carbocycles. The molecule has 1 saturated heterocycles. The van der Waals surface area contributed by atoms with Gasteiger partial charge in [0.1, 0.15) is 0 Å². The summed E-state index contributed by atoms with van der Waals surface area (Å²) in [6.07, 6.45) is 3.74. The highest BCUT2D eigenvalue weighted by atomic mass is 16.5. The molecule has 0 aliphatic carbocycles. The maximum Gasteiger partial charge on any atom is 0.317 e. The number of fused-ring (bicyclic) bond motifs is 1. The third-order valence-electron chi connectivity index (χ3n) is 6.58. The van der Waals surface area contributed by atoms with Crippen LogP contribution in [0.25, 0.3) is 22.0 Å². The van der Waals surface area contributed by atoms with Crippen molar-refractivity contribution in [3.05, 3.63) is 54.2 Å². The minimum Gasteiger partial charge on any atom is -0.494 e. The van der Waals surface area contributed by atoms with E-state index in [1.807, 2.05) is 53.6 Å². The van der Waals surface area contributed by atoms with E-state index in [1.54, 1.807) is 7.11 Å². The van der Waals surface area contributed by atoms with Crippen LogP contribution in [0.4, 0.5) is 10.5 Å². The molecule has 7 nitrogen and oxygen atoms in total. The Morgan fingerprint density at radius 3 is 2.44 bits per heavy atom. The normalized spacial score (nSPS) is 13.7. The smallest absolute Gasteiger partial charge is 0.317 e. The van der Waals surface area contributed by atoms with Crippen molar-refractivity contribution in [1.82, 2.24) is 15.2 Å². The molecule has 3 aromatic rings. The van der Waals surface area contributed by atoms with E-state index in [0.717, 1.165) is 59.4 Å². The van der Waals surface area contributed by atoms with Crippen molar-refractivity contribution >= 4 is 22.6 Å². The Bertz CT molecular complexity index is 1190. The molecule has 1 aliphatic heterocycles. The molecule has 0 spiro atoms. The van der Waals surface area contributed by atoms with Crippen molar-refractivity contribution in [2.24, 2.45) is 0 Å². The van der Waals surface area contributed by atoms with Crippen molar-refractivity contribution < 1.29 is 9.53 Å². The summed E-state index contributed by atoms with van der Waals surface area (Å²) in [5.41, 5.74) is 4.42. The largest absolute Gasteiger partial charge is 0.494 e. The molecular formula is C27H31N5O2. The van der Waals surface area contributed by atoms with Gasteiger partial charge in [0.05, 0.1) is 36.1 Å². The highest BCUT2D eigenvalue weighted by molar-refractivity contribution is 5.99. The Morgan fingerprint density at radius 2 is 1.82 bits per heavy atom. The third-order valence-corrected chi connectivity index (χ3v) is 6.58. The van der Waals surface area contributed by atoms with Gasteiger partial charge in [-0.3, -0.25) is 4.98 Å². The quantitative estimate of drug-likeness (QED) is 0.575. The number of amides is 2. The molecule has 176 valence electrons. The number of pyridine rings is 1. The van der Waals surface area contributed by atoms with Gasteiger partial charge in [-0.15, -0.1) is 0 Å². The van der Waals surface area contributed by atoms with Crippen LogP contribution < -0.4 is 15.0 Å². The zero-order valence-electron chi connectivity index (χ0n) is 20.0. The third kappa shape index (κ3) is 4.62. The zero-order chi connectivity index (χ0) is 24.1. The van der Waals surface area contributed by atoms with Crippen molar-refractivity contribution in [3.8, 4) is 22.9 Å². The minimum atomic E-state index is 0.0176.